The Morgan fingerprint density at radius 1 is 1.40 bits per heavy atom. The monoisotopic (exact) mass is 282 g/mol. The molecular weight excluding hydrogens is 264 g/mol. The Morgan fingerprint density at radius 2 is 2.15 bits per heavy atom. The fourth-order valence-electron chi connectivity index (χ4n) is 1.99. The minimum atomic E-state index is -0.780. The maximum Gasteiger partial charge on any atom is 0.508 e. The first-order chi connectivity index (χ1) is 9.72. The number of hydrogen-bond acceptors (Lipinski definition) is 6. The summed E-state index contributed by atoms with van der Waals surface area (Å²) in [6, 6.07) is 9.31. The minimum Gasteiger partial charge on any atom is -0.429 e. The van der Waals surface area contributed by atoms with Crippen LogP contribution in [0.4, 0.5) is 4.79 Å². The average molecular weight is 282 g/mol. The van der Waals surface area contributed by atoms with Gasteiger partial charge < -0.3 is 24.1 Å². The van der Waals surface area contributed by atoms with Crippen molar-refractivity contribution in [1.82, 2.24) is 0 Å². The van der Waals surface area contributed by atoms with Crippen LogP contribution in [0.15, 0.2) is 30.3 Å². The van der Waals surface area contributed by atoms with E-state index < -0.39 is 24.7 Å². The quantitative estimate of drug-likeness (QED) is 0.824. The smallest absolute Gasteiger partial charge is 0.429 e. The van der Waals surface area contributed by atoms with Gasteiger partial charge in [-0.05, 0) is 5.56 Å². The summed E-state index contributed by atoms with van der Waals surface area (Å²) < 4.78 is 20.5. The maximum absolute atomic E-state index is 11.6. The van der Waals surface area contributed by atoms with Gasteiger partial charge in [0.15, 0.2) is 6.29 Å². The molecule has 3 atom stereocenters. The van der Waals surface area contributed by atoms with Crippen LogP contribution in [-0.2, 0) is 25.6 Å². The van der Waals surface area contributed by atoms with E-state index in [1.54, 1.807) is 0 Å². The molecule has 0 bridgehead atoms. The molecule has 2 rings (SSSR count). The Labute approximate surface area is 117 Å². The molecule has 0 aliphatic carbocycles. The van der Waals surface area contributed by atoms with Crippen molar-refractivity contribution in [1.29, 1.82) is 0 Å². The summed E-state index contributed by atoms with van der Waals surface area (Å²) in [5.74, 6) is 0. The minimum absolute atomic E-state index is 0.144. The highest BCUT2D eigenvalue weighted by Crippen LogP contribution is 2.24. The number of aliphatic hydroxyl groups is 1. The molecule has 1 fully saturated rings. The number of benzene rings is 1. The van der Waals surface area contributed by atoms with Gasteiger partial charge in [-0.15, -0.1) is 0 Å². The van der Waals surface area contributed by atoms with E-state index in [0.29, 0.717) is 6.42 Å². The van der Waals surface area contributed by atoms with Crippen molar-refractivity contribution in [2.24, 2.45) is 0 Å². The Balaban J connectivity index is 1.79. The molecule has 1 aromatic carbocycles. The van der Waals surface area contributed by atoms with Gasteiger partial charge in [0.05, 0.1) is 6.61 Å². The Kier molecular flexibility index (Phi) is 5.34. The van der Waals surface area contributed by atoms with Crippen LogP contribution in [0.2, 0.25) is 0 Å². The van der Waals surface area contributed by atoms with Crippen molar-refractivity contribution in [3.63, 3.8) is 0 Å². The number of methoxy groups -OCH3 is 1. The van der Waals surface area contributed by atoms with Crippen LogP contribution in [-0.4, -0.2) is 43.5 Å². The molecule has 0 unspecified atom stereocenters. The zero-order chi connectivity index (χ0) is 14.4. The van der Waals surface area contributed by atoms with E-state index in [1.165, 1.54) is 7.11 Å². The van der Waals surface area contributed by atoms with Crippen LogP contribution < -0.4 is 0 Å². The number of aliphatic hydroxyl groups excluding tert-OH is 1. The van der Waals surface area contributed by atoms with Crippen molar-refractivity contribution < 1.29 is 28.8 Å². The van der Waals surface area contributed by atoms with Gasteiger partial charge >= 0.3 is 6.16 Å². The molecule has 1 saturated heterocycles. The van der Waals surface area contributed by atoms with Crippen molar-refractivity contribution in [2.75, 3.05) is 13.7 Å². The third-order valence-electron chi connectivity index (χ3n) is 3.06. The number of ether oxygens (including phenoxy) is 4. The first-order valence-corrected chi connectivity index (χ1v) is 6.39. The molecular formula is C14H18O6. The summed E-state index contributed by atoms with van der Waals surface area (Å²) in [6.45, 7) is -0.0960. The third-order valence-corrected chi connectivity index (χ3v) is 3.06. The van der Waals surface area contributed by atoms with Gasteiger partial charge in [-0.2, -0.15) is 0 Å². The third kappa shape index (κ3) is 3.93. The number of carbonyl (C=O) groups is 1. The fourth-order valence-corrected chi connectivity index (χ4v) is 1.99. The molecule has 20 heavy (non-hydrogen) atoms. The lowest BCUT2D eigenvalue weighted by Gasteiger charge is -2.16. The number of carbonyl (C=O) groups excluding carboxylic acids is 1. The summed E-state index contributed by atoms with van der Waals surface area (Å²) in [7, 11) is 1.50. The first kappa shape index (κ1) is 14.8. The van der Waals surface area contributed by atoms with Gasteiger partial charge in [0.25, 0.3) is 0 Å². The molecule has 1 aliphatic rings. The lowest BCUT2D eigenvalue weighted by molar-refractivity contribution is -0.128. The van der Waals surface area contributed by atoms with E-state index in [0.717, 1.165) is 5.56 Å². The lowest BCUT2D eigenvalue weighted by atomic mass is 10.2. The Bertz CT molecular complexity index is 421. The summed E-state index contributed by atoms with van der Waals surface area (Å²) in [4.78, 5) is 11.6. The van der Waals surface area contributed by atoms with E-state index in [4.69, 9.17) is 24.1 Å². The predicted molar refractivity (Wildman–Crippen MR) is 68.9 cm³/mol. The van der Waals surface area contributed by atoms with Crippen LogP contribution >= 0.6 is 0 Å². The summed E-state index contributed by atoms with van der Waals surface area (Å²) in [5, 5.41) is 9.16. The highest BCUT2D eigenvalue weighted by Gasteiger charge is 2.38. The highest BCUT2D eigenvalue weighted by molar-refractivity contribution is 5.60. The number of rotatable bonds is 5. The molecule has 0 spiro atoms. The van der Waals surface area contributed by atoms with Gasteiger partial charge in [0.1, 0.15) is 18.8 Å². The summed E-state index contributed by atoms with van der Waals surface area (Å²) >= 11 is 0. The second-order valence-corrected chi connectivity index (χ2v) is 4.44. The summed E-state index contributed by atoms with van der Waals surface area (Å²) in [5.41, 5.74) is 0.876. The lowest BCUT2D eigenvalue weighted by Crippen LogP contribution is -2.30. The van der Waals surface area contributed by atoms with Gasteiger partial charge in [-0.1, -0.05) is 30.3 Å². The van der Waals surface area contributed by atoms with Crippen LogP contribution in [0, 0.1) is 0 Å². The fraction of sp³-hybridized carbons (Fsp3) is 0.500. The molecule has 0 aromatic heterocycles. The standard InChI is InChI=1S/C14H18O6/c1-17-13-7-11(12(8-15)19-13)20-14(16)18-9-10-5-3-2-4-6-10/h2-6,11-13,15H,7-9H2,1H3/t11-,12+,13-/m0/s1. The van der Waals surface area contributed by atoms with E-state index in [9.17, 15) is 4.79 Å². The van der Waals surface area contributed by atoms with Gasteiger partial charge in [0, 0.05) is 13.5 Å². The maximum atomic E-state index is 11.6. The van der Waals surface area contributed by atoms with Crippen molar-refractivity contribution in [3.05, 3.63) is 35.9 Å². The molecule has 0 amide bonds. The van der Waals surface area contributed by atoms with E-state index >= 15 is 0 Å². The molecule has 1 aromatic rings. The van der Waals surface area contributed by atoms with Crippen LogP contribution in [0.25, 0.3) is 0 Å². The van der Waals surface area contributed by atoms with Crippen molar-refractivity contribution >= 4 is 6.16 Å². The molecule has 1 heterocycles. The Morgan fingerprint density at radius 3 is 2.80 bits per heavy atom. The molecule has 1 N–H and O–H groups in total. The topological polar surface area (TPSA) is 74.2 Å². The van der Waals surface area contributed by atoms with Gasteiger partial charge in [-0.25, -0.2) is 4.79 Å². The molecule has 0 radical (unpaired) electrons. The second-order valence-electron chi connectivity index (χ2n) is 4.44. The molecule has 1 aliphatic heterocycles. The van der Waals surface area contributed by atoms with Crippen LogP contribution in [0.5, 0.6) is 0 Å². The zero-order valence-electron chi connectivity index (χ0n) is 11.2. The Hall–Kier alpha value is -1.63. The molecule has 110 valence electrons. The van der Waals surface area contributed by atoms with Crippen molar-refractivity contribution in [3.8, 4) is 0 Å². The summed E-state index contributed by atoms with van der Waals surface area (Å²) in [6.07, 6.45) is -2.02. The van der Waals surface area contributed by atoms with Crippen LogP contribution in [0.3, 0.4) is 0 Å². The zero-order valence-corrected chi connectivity index (χ0v) is 11.2. The van der Waals surface area contributed by atoms with Gasteiger partial charge in [-0.3, -0.25) is 0 Å². The highest BCUT2D eigenvalue weighted by atomic mass is 16.7. The van der Waals surface area contributed by atoms with E-state index in [2.05, 4.69) is 0 Å². The molecule has 6 nitrogen and oxygen atoms in total. The average Bonchev–Trinajstić information content (AvgIpc) is 2.88. The SMILES string of the molecule is CO[C@@H]1C[C@H](OC(=O)OCc2ccccc2)[C@@H](CO)O1. The van der Waals surface area contributed by atoms with Crippen LogP contribution in [0.1, 0.15) is 12.0 Å². The van der Waals surface area contributed by atoms with E-state index in [-0.39, 0.29) is 13.2 Å². The van der Waals surface area contributed by atoms with Crippen molar-refractivity contribution in [2.45, 2.75) is 31.5 Å². The first-order valence-electron chi connectivity index (χ1n) is 6.39. The van der Waals surface area contributed by atoms with E-state index in [1.807, 2.05) is 30.3 Å². The van der Waals surface area contributed by atoms with Gasteiger partial charge in [0.2, 0.25) is 0 Å². The number of hydrogen-bond donors (Lipinski definition) is 1. The molecule has 6 heteroatoms. The largest absolute Gasteiger partial charge is 0.508 e. The second kappa shape index (κ2) is 7.23. The molecule has 0 saturated carbocycles. The normalized spacial score (nSPS) is 25.4. The predicted octanol–water partition coefficient (Wildman–Crippen LogP) is 1.46.